The molecule has 0 spiro atoms. The highest BCUT2D eigenvalue weighted by Gasteiger charge is 2.32. The van der Waals surface area contributed by atoms with Gasteiger partial charge in [0.2, 0.25) is 0 Å². The Morgan fingerprint density at radius 3 is 2.52 bits per heavy atom. The first-order valence-corrected chi connectivity index (χ1v) is 7.80. The molecule has 0 radical (unpaired) electrons. The van der Waals surface area contributed by atoms with Gasteiger partial charge in [-0.3, -0.25) is 4.99 Å². The van der Waals surface area contributed by atoms with Gasteiger partial charge in [0.25, 0.3) is 0 Å². The van der Waals surface area contributed by atoms with Crippen LogP contribution in [-0.4, -0.2) is 63.5 Å². The number of hydrogen-bond acceptors (Lipinski definition) is 3. The van der Waals surface area contributed by atoms with Crippen LogP contribution in [0.4, 0.5) is 0 Å². The van der Waals surface area contributed by atoms with Gasteiger partial charge >= 0.3 is 0 Å². The molecule has 1 saturated heterocycles. The molecule has 21 heavy (non-hydrogen) atoms. The van der Waals surface area contributed by atoms with Crippen molar-refractivity contribution in [2.45, 2.75) is 45.1 Å². The standard InChI is InChI=1S/C15H31N3O2.HI/c1-5-7-10-18(3)14(16-6-2)17-13-15(19-4)8-11-20-12-9-15;/h5-13H2,1-4H3,(H,16,17);1H. The van der Waals surface area contributed by atoms with Crippen molar-refractivity contribution in [3.8, 4) is 0 Å². The van der Waals surface area contributed by atoms with Crippen molar-refractivity contribution in [3.63, 3.8) is 0 Å². The summed E-state index contributed by atoms with van der Waals surface area (Å²) in [6.45, 7) is 8.47. The summed E-state index contributed by atoms with van der Waals surface area (Å²) in [4.78, 5) is 6.99. The maximum Gasteiger partial charge on any atom is 0.193 e. The van der Waals surface area contributed by atoms with Crippen molar-refractivity contribution in [1.82, 2.24) is 10.2 Å². The van der Waals surface area contributed by atoms with Crippen LogP contribution in [0.15, 0.2) is 4.99 Å². The minimum Gasteiger partial charge on any atom is -0.381 e. The zero-order chi connectivity index (χ0) is 14.8. The molecule has 5 nitrogen and oxygen atoms in total. The molecule has 0 aliphatic carbocycles. The lowest BCUT2D eigenvalue weighted by Gasteiger charge is -2.35. The Balaban J connectivity index is 0.00000400. The van der Waals surface area contributed by atoms with Crippen molar-refractivity contribution in [3.05, 3.63) is 0 Å². The maximum absolute atomic E-state index is 5.73. The van der Waals surface area contributed by atoms with E-state index < -0.39 is 0 Å². The number of guanidine groups is 1. The molecule has 0 amide bonds. The molecule has 1 fully saturated rings. The molecule has 1 heterocycles. The molecule has 1 aliphatic rings. The molecule has 1 aliphatic heterocycles. The van der Waals surface area contributed by atoms with Gasteiger partial charge in [-0.2, -0.15) is 0 Å². The van der Waals surface area contributed by atoms with Crippen LogP contribution in [0.5, 0.6) is 0 Å². The van der Waals surface area contributed by atoms with Gasteiger partial charge in [0.15, 0.2) is 5.96 Å². The Hall–Kier alpha value is -0.0800. The lowest BCUT2D eigenvalue weighted by molar-refractivity contribution is -0.0829. The first-order chi connectivity index (χ1) is 9.67. The summed E-state index contributed by atoms with van der Waals surface area (Å²) in [5.41, 5.74) is -0.148. The fourth-order valence-corrected chi connectivity index (χ4v) is 2.36. The Labute approximate surface area is 146 Å². The third-order valence-electron chi connectivity index (χ3n) is 3.90. The van der Waals surface area contributed by atoms with Gasteiger partial charge < -0.3 is 19.7 Å². The van der Waals surface area contributed by atoms with Crippen molar-refractivity contribution in [1.29, 1.82) is 0 Å². The molecule has 0 bridgehead atoms. The van der Waals surface area contributed by atoms with Crippen molar-refractivity contribution < 1.29 is 9.47 Å². The molecule has 1 rings (SSSR count). The Kier molecular flexibility index (Phi) is 11.4. The maximum atomic E-state index is 5.73. The van der Waals surface area contributed by atoms with Crippen LogP contribution in [0.2, 0.25) is 0 Å². The van der Waals surface area contributed by atoms with Gasteiger partial charge in [0, 0.05) is 53.3 Å². The zero-order valence-electron chi connectivity index (χ0n) is 14.0. The van der Waals surface area contributed by atoms with Crippen LogP contribution in [0.1, 0.15) is 39.5 Å². The summed E-state index contributed by atoms with van der Waals surface area (Å²) in [7, 11) is 3.88. The van der Waals surface area contributed by atoms with Crippen molar-refractivity contribution in [2.24, 2.45) is 4.99 Å². The summed E-state index contributed by atoms with van der Waals surface area (Å²) in [5.74, 6) is 0.976. The van der Waals surface area contributed by atoms with E-state index in [-0.39, 0.29) is 29.6 Å². The number of nitrogens with one attached hydrogen (secondary N) is 1. The highest BCUT2D eigenvalue weighted by molar-refractivity contribution is 14.0. The lowest BCUT2D eigenvalue weighted by Crippen LogP contribution is -2.44. The second kappa shape index (κ2) is 11.5. The third-order valence-corrected chi connectivity index (χ3v) is 3.90. The van der Waals surface area contributed by atoms with Crippen LogP contribution in [0.3, 0.4) is 0 Å². The van der Waals surface area contributed by atoms with E-state index in [2.05, 4.69) is 31.1 Å². The van der Waals surface area contributed by atoms with Crippen molar-refractivity contribution in [2.75, 3.05) is 47.0 Å². The highest BCUT2D eigenvalue weighted by atomic mass is 127. The van der Waals surface area contributed by atoms with E-state index in [0.29, 0.717) is 6.54 Å². The fourth-order valence-electron chi connectivity index (χ4n) is 2.36. The molecule has 6 heteroatoms. The van der Waals surface area contributed by atoms with Crippen LogP contribution in [0, 0.1) is 0 Å². The molecular formula is C15H32IN3O2. The Morgan fingerprint density at radius 2 is 2.00 bits per heavy atom. The molecule has 126 valence electrons. The lowest BCUT2D eigenvalue weighted by atomic mass is 9.94. The topological polar surface area (TPSA) is 46.1 Å². The molecular weight excluding hydrogens is 381 g/mol. The third kappa shape index (κ3) is 7.15. The second-order valence-electron chi connectivity index (χ2n) is 5.44. The normalized spacial score (nSPS) is 18.0. The first kappa shape index (κ1) is 20.9. The summed E-state index contributed by atoms with van der Waals surface area (Å²) in [6.07, 6.45) is 4.23. The van der Waals surface area contributed by atoms with E-state index >= 15 is 0 Å². The number of rotatable bonds is 7. The number of methoxy groups -OCH3 is 1. The van der Waals surface area contributed by atoms with Gasteiger partial charge in [-0.1, -0.05) is 13.3 Å². The fraction of sp³-hybridized carbons (Fsp3) is 0.933. The molecule has 0 atom stereocenters. The van der Waals surface area contributed by atoms with Crippen LogP contribution < -0.4 is 5.32 Å². The SMILES string of the molecule is CCCCN(C)C(=NCC1(OC)CCOCC1)NCC.I. The zero-order valence-corrected chi connectivity index (χ0v) is 16.3. The van der Waals surface area contributed by atoms with Gasteiger partial charge in [-0.05, 0) is 13.3 Å². The molecule has 0 unspecified atom stereocenters. The molecule has 1 N–H and O–H groups in total. The number of halogens is 1. The summed E-state index contributed by atoms with van der Waals surface area (Å²) >= 11 is 0. The van der Waals surface area contributed by atoms with E-state index in [0.717, 1.165) is 45.1 Å². The summed E-state index contributed by atoms with van der Waals surface area (Å²) in [5, 5.41) is 3.36. The monoisotopic (exact) mass is 413 g/mol. The Bertz CT molecular complexity index is 295. The van der Waals surface area contributed by atoms with Crippen LogP contribution >= 0.6 is 24.0 Å². The molecule has 0 aromatic rings. The van der Waals surface area contributed by atoms with E-state index in [9.17, 15) is 0 Å². The Morgan fingerprint density at radius 1 is 1.33 bits per heavy atom. The average molecular weight is 413 g/mol. The van der Waals surface area contributed by atoms with E-state index in [4.69, 9.17) is 14.5 Å². The number of nitrogens with zero attached hydrogens (tertiary/aromatic N) is 2. The van der Waals surface area contributed by atoms with Crippen LogP contribution in [-0.2, 0) is 9.47 Å². The van der Waals surface area contributed by atoms with Gasteiger partial charge in [-0.25, -0.2) is 0 Å². The molecule has 0 aromatic carbocycles. The van der Waals surface area contributed by atoms with Crippen LogP contribution in [0.25, 0.3) is 0 Å². The summed E-state index contributed by atoms with van der Waals surface area (Å²) < 4.78 is 11.2. The van der Waals surface area contributed by atoms with Gasteiger partial charge in [0.05, 0.1) is 12.1 Å². The van der Waals surface area contributed by atoms with Gasteiger partial charge in [0.1, 0.15) is 0 Å². The molecule has 0 saturated carbocycles. The number of unbranched alkanes of at least 4 members (excludes halogenated alkanes) is 1. The second-order valence-corrected chi connectivity index (χ2v) is 5.44. The minimum absolute atomic E-state index is 0. The minimum atomic E-state index is -0.148. The van der Waals surface area contributed by atoms with E-state index in [1.54, 1.807) is 7.11 Å². The first-order valence-electron chi connectivity index (χ1n) is 7.80. The summed E-state index contributed by atoms with van der Waals surface area (Å²) in [6, 6.07) is 0. The largest absolute Gasteiger partial charge is 0.381 e. The predicted octanol–water partition coefficient (Wildman–Crippen LogP) is 2.50. The van der Waals surface area contributed by atoms with Gasteiger partial charge in [-0.15, -0.1) is 24.0 Å². The predicted molar refractivity (Wildman–Crippen MR) is 98.7 cm³/mol. The van der Waals surface area contributed by atoms with E-state index in [1.807, 2.05) is 0 Å². The number of aliphatic imine (C=N–C) groups is 1. The number of ether oxygens (including phenoxy) is 2. The average Bonchev–Trinajstić information content (AvgIpc) is 2.50. The molecule has 0 aromatic heterocycles. The quantitative estimate of drug-likeness (QED) is 0.396. The van der Waals surface area contributed by atoms with Crippen molar-refractivity contribution >= 4 is 29.9 Å². The smallest absolute Gasteiger partial charge is 0.193 e. The number of hydrogen-bond donors (Lipinski definition) is 1. The van der Waals surface area contributed by atoms with E-state index in [1.165, 1.54) is 12.8 Å². The highest BCUT2D eigenvalue weighted by Crippen LogP contribution is 2.24.